The van der Waals surface area contributed by atoms with E-state index in [0.717, 1.165) is 16.5 Å². The minimum Gasteiger partial charge on any atom is -0.326 e. The summed E-state index contributed by atoms with van der Waals surface area (Å²) in [6.45, 7) is 0.519. The Morgan fingerprint density at radius 1 is 1.12 bits per heavy atom. The molecule has 0 saturated carbocycles. The van der Waals surface area contributed by atoms with Crippen LogP contribution < -0.4 is 10.2 Å². The first kappa shape index (κ1) is 18.3. The molecule has 2 N–H and O–H groups in total. The topological polar surface area (TPSA) is 33.5 Å². The zero-order valence-corrected chi connectivity index (χ0v) is 13.7. The molecular weight excluding hydrogens is 341 g/mol. The quantitative estimate of drug-likeness (QED) is 0.847. The van der Waals surface area contributed by atoms with E-state index in [-0.39, 0.29) is 12.2 Å². The zero-order chi connectivity index (χ0) is 17.7. The van der Waals surface area contributed by atoms with Crippen LogP contribution in [-0.4, -0.2) is 19.5 Å². The Labute approximate surface area is 143 Å². The van der Waals surface area contributed by atoms with Gasteiger partial charge in [0.25, 0.3) is 5.91 Å². The molecule has 0 radical (unpaired) electrons. The largest absolute Gasteiger partial charge is 0.418 e. The number of halogens is 4. The highest BCUT2D eigenvalue weighted by molar-refractivity contribution is 6.31. The van der Waals surface area contributed by atoms with Crippen LogP contribution in [0.5, 0.6) is 0 Å². The van der Waals surface area contributed by atoms with E-state index >= 15 is 0 Å². The maximum absolute atomic E-state index is 12.9. The number of quaternary nitrogens is 1. The van der Waals surface area contributed by atoms with Crippen molar-refractivity contribution in [1.29, 1.82) is 0 Å². The van der Waals surface area contributed by atoms with Crippen LogP contribution in [0.2, 0.25) is 5.02 Å². The lowest BCUT2D eigenvalue weighted by molar-refractivity contribution is -0.885. The lowest BCUT2D eigenvalue weighted by Gasteiger charge is -2.16. The first-order valence-electron chi connectivity index (χ1n) is 7.28. The Kier molecular flexibility index (Phi) is 5.85. The fourth-order valence-corrected chi connectivity index (χ4v) is 2.54. The second-order valence-corrected chi connectivity index (χ2v) is 5.90. The number of carbonyl (C=O) groups excluding carboxylic acids is 1. The normalized spacial score (nSPS) is 12.7. The monoisotopic (exact) mass is 357 g/mol. The molecule has 0 aliphatic heterocycles. The van der Waals surface area contributed by atoms with Gasteiger partial charge < -0.3 is 10.2 Å². The van der Waals surface area contributed by atoms with Crippen molar-refractivity contribution < 1.29 is 22.9 Å². The number of hydrogen-bond acceptors (Lipinski definition) is 1. The molecule has 0 bridgehead atoms. The Hall–Kier alpha value is -2.05. The smallest absolute Gasteiger partial charge is 0.326 e. The van der Waals surface area contributed by atoms with Crippen molar-refractivity contribution in [3.63, 3.8) is 0 Å². The van der Waals surface area contributed by atoms with Crippen molar-refractivity contribution in [2.24, 2.45) is 0 Å². The van der Waals surface area contributed by atoms with E-state index in [9.17, 15) is 18.0 Å². The molecule has 0 aliphatic carbocycles. The molecule has 7 heteroatoms. The Morgan fingerprint density at radius 3 is 2.42 bits per heavy atom. The summed E-state index contributed by atoms with van der Waals surface area (Å²) in [5.74, 6) is -0.490. The number of anilines is 1. The summed E-state index contributed by atoms with van der Waals surface area (Å²) in [5, 5.41) is 2.93. The van der Waals surface area contributed by atoms with Crippen LogP contribution in [0.3, 0.4) is 0 Å². The minimum absolute atomic E-state index is 0.0252. The molecule has 0 saturated heterocycles. The number of hydrogen-bond donors (Lipinski definition) is 2. The maximum Gasteiger partial charge on any atom is 0.418 e. The summed E-state index contributed by atoms with van der Waals surface area (Å²) in [5.41, 5.74) is -0.220. The second kappa shape index (κ2) is 7.68. The van der Waals surface area contributed by atoms with E-state index in [1.165, 1.54) is 18.2 Å². The van der Waals surface area contributed by atoms with Gasteiger partial charge in [-0.2, -0.15) is 13.2 Å². The second-order valence-electron chi connectivity index (χ2n) is 5.49. The molecule has 3 nitrogen and oxygen atoms in total. The van der Waals surface area contributed by atoms with Gasteiger partial charge in [-0.3, -0.25) is 4.79 Å². The van der Waals surface area contributed by atoms with E-state index < -0.39 is 17.6 Å². The molecule has 1 amide bonds. The minimum atomic E-state index is -4.51. The van der Waals surface area contributed by atoms with Crippen molar-refractivity contribution in [2.45, 2.75) is 12.7 Å². The van der Waals surface area contributed by atoms with Crippen LogP contribution >= 0.6 is 11.6 Å². The standard InChI is InChI=1S/C17H16ClF3N2O/c1-23(10-12-6-2-4-8-14(12)18)11-16(24)22-15-9-5-3-7-13(15)17(19,20)21/h2-9H,10-11H2,1H3,(H,22,24)/p+1. The lowest BCUT2D eigenvalue weighted by Crippen LogP contribution is -3.08. The van der Waals surface area contributed by atoms with Gasteiger partial charge in [-0.15, -0.1) is 0 Å². The van der Waals surface area contributed by atoms with Gasteiger partial charge in [-0.1, -0.05) is 41.9 Å². The fraction of sp³-hybridized carbons (Fsp3) is 0.235. The molecule has 1 atom stereocenters. The third kappa shape index (κ3) is 4.97. The van der Waals surface area contributed by atoms with Gasteiger partial charge >= 0.3 is 6.18 Å². The number of amides is 1. The summed E-state index contributed by atoms with van der Waals surface area (Å²) >= 11 is 6.07. The molecule has 0 spiro atoms. The first-order chi connectivity index (χ1) is 11.3. The Bertz CT molecular complexity index is 719. The zero-order valence-electron chi connectivity index (χ0n) is 13.0. The summed E-state index contributed by atoms with van der Waals surface area (Å²) in [4.78, 5) is 12.9. The molecule has 24 heavy (non-hydrogen) atoms. The molecule has 2 rings (SSSR count). The van der Waals surface area contributed by atoms with Crippen LogP contribution in [0.25, 0.3) is 0 Å². The molecule has 2 aromatic rings. The SMILES string of the molecule is C[NH+](CC(=O)Nc1ccccc1C(F)(F)F)Cc1ccccc1Cl. The summed E-state index contributed by atoms with van der Waals surface area (Å²) in [6.07, 6.45) is -4.51. The number of alkyl halides is 3. The van der Waals surface area contributed by atoms with E-state index in [1.807, 2.05) is 18.2 Å². The fourth-order valence-electron chi connectivity index (χ4n) is 2.34. The highest BCUT2D eigenvalue weighted by Gasteiger charge is 2.33. The van der Waals surface area contributed by atoms with Crippen LogP contribution in [0.1, 0.15) is 11.1 Å². The van der Waals surface area contributed by atoms with E-state index in [1.54, 1.807) is 13.1 Å². The molecular formula is C17H17ClF3N2O+. The van der Waals surface area contributed by atoms with E-state index in [4.69, 9.17) is 11.6 Å². The molecule has 2 aromatic carbocycles. The van der Waals surface area contributed by atoms with Crippen molar-refractivity contribution in [1.82, 2.24) is 0 Å². The molecule has 0 aromatic heterocycles. The van der Waals surface area contributed by atoms with Crippen LogP contribution in [-0.2, 0) is 17.5 Å². The van der Waals surface area contributed by atoms with Gasteiger partial charge in [0.2, 0.25) is 0 Å². The highest BCUT2D eigenvalue weighted by atomic mass is 35.5. The molecule has 128 valence electrons. The maximum atomic E-state index is 12.9. The van der Waals surface area contributed by atoms with E-state index in [0.29, 0.717) is 11.6 Å². The highest BCUT2D eigenvalue weighted by Crippen LogP contribution is 2.34. The van der Waals surface area contributed by atoms with Gasteiger partial charge in [0.05, 0.1) is 18.3 Å². The first-order valence-corrected chi connectivity index (χ1v) is 7.66. The Balaban J connectivity index is 2.00. The number of carbonyl (C=O) groups is 1. The average Bonchev–Trinajstić information content (AvgIpc) is 2.49. The van der Waals surface area contributed by atoms with Crippen LogP contribution in [0.15, 0.2) is 48.5 Å². The summed E-state index contributed by atoms with van der Waals surface area (Å²) < 4.78 is 38.8. The van der Waals surface area contributed by atoms with E-state index in [2.05, 4.69) is 5.32 Å². The van der Waals surface area contributed by atoms with Crippen molar-refractivity contribution >= 4 is 23.2 Å². The number of nitrogens with one attached hydrogen (secondary N) is 2. The number of rotatable bonds is 5. The number of para-hydroxylation sites is 1. The average molecular weight is 358 g/mol. The number of likely N-dealkylation sites (N-methyl/N-ethyl adjacent to an activating group) is 1. The van der Waals surface area contributed by atoms with Crippen LogP contribution in [0, 0.1) is 0 Å². The van der Waals surface area contributed by atoms with Crippen LogP contribution in [0.4, 0.5) is 18.9 Å². The molecule has 1 unspecified atom stereocenters. The molecule has 0 aliphatic rings. The third-order valence-electron chi connectivity index (χ3n) is 3.42. The summed E-state index contributed by atoms with van der Waals surface area (Å²) in [6, 6.07) is 12.2. The van der Waals surface area contributed by atoms with Gasteiger partial charge in [0.15, 0.2) is 6.54 Å². The van der Waals surface area contributed by atoms with Gasteiger partial charge in [0.1, 0.15) is 6.54 Å². The number of benzene rings is 2. The van der Waals surface area contributed by atoms with Gasteiger partial charge in [-0.25, -0.2) is 0 Å². The molecule has 0 fully saturated rings. The Morgan fingerprint density at radius 2 is 1.75 bits per heavy atom. The summed E-state index contributed by atoms with van der Waals surface area (Å²) in [7, 11) is 1.78. The van der Waals surface area contributed by atoms with Gasteiger partial charge in [0, 0.05) is 10.6 Å². The third-order valence-corrected chi connectivity index (χ3v) is 3.79. The van der Waals surface area contributed by atoms with Crippen molar-refractivity contribution in [2.75, 3.05) is 18.9 Å². The van der Waals surface area contributed by atoms with Crippen molar-refractivity contribution in [3.8, 4) is 0 Å². The lowest BCUT2D eigenvalue weighted by atomic mass is 10.1. The van der Waals surface area contributed by atoms with Crippen molar-refractivity contribution in [3.05, 3.63) is 64.7 Å². The molecule has 0 heterocycles. The predicted molar refractivity (Wildman–Crippen MR) is 87.0 cm³/mol. The van der Waals surface area contributed by atoms with Gasteiger partial charge in [-0.05, 0) is 18.2 Å². The predicted octanol–water partition coefficient (Wildman–Crippen LogP) is 3.01.